The van der Waals surface area contributed by atoms with Crippen LogP contribution < -0.4 is 15.7 Å². The Labute approximate surface area is 106 Å². The maximum atomic E-state index is 12.3. The standard InChI is InChI=1S/C13H9NO5/c1-18-10-6-9(15)7-4-2-3-5-8(7)14(11(10)16)12-13(17)19-12/h2-6,12H,1H3. The van der Waals surface area contributed by atoms with Gasteiger partial charge in [0.25, 0.3) is 11.8 Å². The Kier molecular flexibility index (Phi) is 2.38. The molecule has 0 saturated carbocycles. The van der Waals surface area contributed by atoms with E-state index in [0.29, 0.717) is 10.9 Å². The lowest BCUT2D eigenvalue weighted by Crippen LogP contribution is -2.19. The summed E-state index contributed by atoms with van der Waals surface area (Å²) in [5, 5.41) is 0.325. The molecule has 2 aromatic rings. The first-order valence-electron chi connectivity index (χ1n) is 5.56. The zero-order valence-corrected chi connectivity index (χ0v) is 9.95. The Morgan fingerprint density at radius 2 is 1.89 bits per heavy atom. The molecule has 19 heavy (non-hydrogen) atoms. The second-order valence-electron chi connectivity index (χ2n) is 4.06. The fourth-order valence-corrected chi connectivity index (χ4v) is 1.99. The number of hydrogen-bond donors (Lipinski definition) is 0. The van der Waals surface area contributed by atoms with Crippen LogP contribution in [0.1, 0.15) is 6.23 Å². The average molecular weight is 259 g/mol. The van der Waals surface area contributed by atoms with Crippen molar-refractivity contribution in [3.05, 3.63) is 50.9 Å². The molecule has 0 spiro atoms. The van der Waals surface area contributed by atoms with Gasteiger partial charge in [-0.05, 0) is 12.1 Å². The lowest BCUT2D eigenvalue weighted by molar-refractivity contribution is -0.117. The molecule has 1 aromatic heterocycles. The van der Waals surface area contributed by atoms with Crippen molar-refractivity contribution in [3.8, 4) is 5.75 Å². The highest BCUT2D eigenvalue weighted by molar-refractivity contribution is 5.88. The third-order valence-electron chi connectivity index (χ3n) is 2.95. The number of carbonyl (C=O) groups is 1. The topological polar surface area (TPSA) is 77.9 Å². The molecular formula is C13H9NO5. The number of para-hydroxylation sites is 1. The molecule has 0 N–H and O–H groups in total. The zero-order chi connectivity index (χ0) is 13.6. The number of methoxy groups -OCH3 is 1. The van der Waals surface area contributed by atoms with Gasteiger partial charge in [-0.1, -0.05) is 12.1 Å². The number of hydrogen-bond acceptors (Lipinski definition) is 5. The molecule has 96 valence electrons. The van der Waals surface area contributed by atoms with Crippen molar-refractivity contribution >= 4 is 16.9 Å². The molecule has 0 aliphatic carbocycles. The molecular weight excluding hydrogens is 250 g/mol. The lowest BCUT2D eigenvalue weighted by atomic mass is 10.2. The van der Waals surface area contributed by atoms with Crippen LogP contribution in [0.4, 0.5) is 0 Å². The summed E-state index contributed by atoms with van der Waals surface area (Å²) in [5.74, 6) is -0.627. The number of cyclic esters (lactones) is 1. The maximum absolute atomic E-state index is 12.3. The minimum absolute atomic E-state index is 0.121. The van der Waals surface area contributed by atoms with Gasteiger partial charge in [0.05, 0.1) is 12.6 Å². The van der Waals surface area contributed by atoms with Crippen molar-refractivity contribution < 1.29 is 14.3 Å². The molecule has 1 aromatic carbocycles. The summed E-state index contributed by atoms with van der Waals surface area (Å²) in [6.07, 6.45) is -0.974. The second-order valence-corrected chi connectivity index (χ2v) is 4.06. The summed E-state index contributed by atoms with van der Waals surface area (Å²) >= 11 is 0. The summed E-state index contributed by atoms with van der Waals surface area (Å²) in [6, 6.07) is 7.65. The first-order chi connectivity index (χ1) is 9.13. The number of carbonyl (C=O) groups excluding carboxylic acids is 1. The molecule has 1 atom stereocenters. The van der Waals surface area contributed by atoms with E-state index >= 15 is 0 Å². The van der Waals surface area contributed by atoms with Crippen LogP contribution in [0.3, 0.4) is 0 Å². The molecule has 0 radical (unpaired) electrons. The lowest BCUT2D eigenvalue weighted by Gasteiger charge is -2.01. The number of nitrogens with zero attached hydrogens (tertiary/aromatic N) is 1. The van der Waals surface area contributed by atoms with Crippen molar-refractivity contribution in [1.82, 2.24) is 4.57 Å². The highest BCUT2D eigenvalue weighted by Gasteiger charge is 2.42. The van der Waals surface area contributed by atoms with E-state index in [-0.39, 0.29) is 11.2 Å². The second kappa shape index (κ2) is 3.94. The molecule has 3 rings (SSSR count). The van der Waals surface area contributed by atoms with Crippen LogP contribution in [-0.4, -0.2) is 17.6 Å². The largest absolute Gasteiger partial charge is 0.491 e. The molecule has 0 bridgehead atoms. The third-order valence-corrected chi connectivity index (χ3v) is 2.95. The maximum Gasteiger partial charge on any atom is 0.372 e. The highest BCUT2D eigenvalue weighted by atomic mass is 16.7. The molecule has 1 unspecified atom stereocenters. The van der Waals surface area contributed by atoms with Gasteiger partial charge in [0, 0.05) is 11.5 Å². The number of aromatic nitrogens is 1. The monoisotopic (exact) mass is 259 g/mol. The summed E-state index contributed by atoms with van der Waals surface area (Å²) < 4.78 is 10.8. The summed E-state index contributed by atoms with van der Waals surface area (Å²) in [5.41, 5.74) is -0.579. The zero-order valence-electron chi connectivity index (χ0n) is 9.95. The van der Waals surface area contributed by atoms with Gasteiger partial charge in [-0.2, -0.15) is 0 Å². The fraction of sp³-hybridized carbons (Fsp3) is 0.154. The minimum atomic E-state index is -0.974. The van der Waals surface area contributed by atoms with Gasteiger partial charge < -0.3 is 9.47 Å². The molecule has 1 saturated heterocycles. The first-order valence-corrected chi connectivity index (χ1v) is 5.56. The normalized spacial score (nSPS) is 17.1. The van der Waals surface area contributed by atoms with Gasteiger partial charge in [-0.3, -0.25) is 14.2 Å². The van der Waals surface area contributed by atoms with E-state index < -0.39 is 17.8 Å². The van der Waals surface area contributed by atoms with E-state index in [1.165, 1.54) is 7.11 Å². The number of epoxide rings is 1. The Morgan fingerprint density at radius 1 is 1.21 bits per heavy atom. The molecule has 6 nitrogen and oxygen atoms in total. The van der Waals surface area contributed by atoms with Crippen molar-refractivity contribution in [2.24, 2.45) is 0 Å². The van der Waals surface area contributed by atoms with Gasteiger partial charge >= 0.3 is 5.97 Å². The Morgan fingerprint density at radius 3 is 2.53 bits per heavy atom. The van der Waals surface area contributed by atoms with Crippen LogP contribution in [0.5, 0.6) is 5.75 Å². The average Bonchev–Trinajstić information content (AvgIpc) is 3.13. The molecule has 1 fully saturated rings. The van der Waals surface area contributed by atoms with Crippen LogP contribution in [0, 0.1) is 0 Å². The number of fused-ring (bicyclic) bond motifs is 1. The van der Waals surface area contributed by atoms with Gasteiger partial charge in [0.15, 0.2) is 11.2 Å². The van der Waals surface area contributed by atoms with Gasteiger partial charge in [0.1, 0.15) is 0 Å². The Hall–Kier alpha value is -2.63. The van der Waals surface area contributed by atoms with E-state index in [1.54, 1.807) is 24.3 Å². The van der Waals surface area contributed by atoms with Crippen LogP contribution >= 0.6 is 0 Å². The first kappa shape index (κ1) is 11.5. The molecule has 1 aliphatic rings. The Balaban J connectivity index is 2.55. The van der Waals surface area contributed by atoms with Crippen molar-refractivity contribution in [3.63, 3.8) is 0 Å². The van der Waals surface area contributed by atoms with Crippen LogP contribution in [-0.2, 0) is 9.53 Å². The smallest absolute Gasteiger partial charge is 0.372 e. The number of benzene rings is 1. The van der Waals surface area contributed by atoms with Crippen molar-refractivity contribution in [2.75, 3.05) is 7.11 Å². The predicted octanol–water partition coefficient (Wildman–Crippen LogP) is 0.426. The van der Waals surface area contributed by atoms with E-state index in [0.717, 1.165) is 10.6 Å². The summed E-state index contributed by atoms with van der Waals surface area (Å²) in [7, 11) is 1.29. The molecule has 6 heteroatoms. The van der Waals surface area contributed by atoms with Crippen LogP contribution in [0.2, 0.25) is 0 Å². The van der Waals surface area contributed by atoms with E-state index in [4.69, 9.17) is 9.47 Å². The number of rotatable bonds is 2. The molecule has 1 aliphatic heterocycles. The summed E-state index contributed by atoms with van der Waals surface area (Å²) in [4.78, 5) is 35.5. The van der Waals surface area contributed by atoms with E-state index in [2.05, 4.69) is 0 Å². The summed E-state index contributed by atoms with van der Waals surface area (Å²) in [6.45, 7) is 0. The SMILES string of the molecule is COc1cc(=O)c2ccccc2n(C2OC2=O)c1=O. The Bertz CT molecular complexity index is 808. The highest BCUT2D eigenvalue weighted by Crippen LogP contribution is 2.27. The molecule has 0 amide bonds. The predicted molar refractivity (Wildman–Crippen MR) is 66.2 cm³/mol. The van der Waals surface area contributed by atoms with Gasteiger partial charge in [0.2, 0.25) is 0 Å². The van der Waals surface area contributed by atoms with Crippen LogP contribution in [0.15, 0.2) is 39.9 Å². The fourth-order valence-electron chi connectivity index (χ4n) is 1.99. The van der Waals surface area contributed by atoms with Crippen molar-refractivity contribution in [1.29, 1.82) is 0 Å². The molecule has 2 heterocycles. The minimum Gasteiger partial charge on any atom is -0.491 e. The van der Waals surface area contributed by atoms with Gasteiger partial charge in [-0.15, -0.1) is 0 Å². The number of ether oxygens (including phenoxy) is 2. The quantitative estimate of drug-likeness (QED) is 0.731. The van der Waals surface area contributed by atoms with E-state index in [9.17, 15) is 14.4 Å². The van der Waals surface area contributed by atoms with E-state index in [1.807, 2.05) is 0 Å². The third kappa shape index (κ3) is 1.69. The van der Waals surface area contributed by atoms with Crippen molar-refractivity contribution in [2.45, 2.75) is 6.23 Å². The van der Waals surface area contributed by atoms with Crippen LogP contribution in [0.25, 0.3) is 10.9 Å². The van der Waals surface area contributed by atoms with Gasteiger partial charge in [-0.25, -0.2) is 4.79 Å².